The van der Waals surface area contributed by atoms with Gasteiger partial charge < -0.3 is 0 Å². The van der Waals surface area contributed by atoms with Gasteiger partial charge in [0.05, 0.1) is 0 Å². The van der Waals surface area contributed by atoms with Crippen molar-refractivity contribution in [3.8, 4) is 0 Å². The van der Waals surface area contributed by atoms with E-state index in [4.69, 9.17) is 0 Å². The van der Waals surface area contributed by atoms with Gasteiger partial charge in [-0.25, -0.2) is 0 Å². The average Bonchev–Trinajstić information content (AvgIpc) is 0.811. The van der Waals surface area contributed by atoms with Crippen LogP contribution in [-0.4, -0.2) is 47.8 Å². The molecule has 0 aliphatic heterocycles. The summed E-state index contributed by atoms with van der Waals surface area (Å²) in [6.07, 6.45) is 0. The van der Waals surface area contributed by atoms with E-state index in [0.29, 0.717) is 0 Å². The zero-order chi connectivity index (χ0) is 3.58. The fourth-order valence-corrected chi connectivity index (χ4v) is 0. The van der Waals surface area contributed by atoms with Crippen LogP contribution in [0.5, 0.6) is 0 Å². The predicted molar refractivity (Wildman–Crippen MR) is 23.0 cm³/mol. The third-order valence-electron chi connectivity index (χ3n) is 0. The van der Waals surface area contributed by atoms with Gasteiger partial charge in [-0.1, -0.05) is 0 Å². The van der Waals surface area contributed by atoms with Crippen LogP contribution in [0.4, 0.5) is 0 Å². The molecule has 4 heavy (non-hydrogen) atoms. The SMILES string of the molecule is [Se]=[Se](=[Se])=[Se]. The van der Waals surface area contributed by atoms with Crippen molar-refractivity contribution in [1.82, 2.24) is 0 Å². The van der Waals surface area contributed by atoms with Gasteiger partial charge in [0.15, 0.2) is 0 Å². The Kier molecular flexibility index (Phi) is 4.98. The van der Waals surface area contributed by atoms with Crippen LogP contribution >= 0.6 is 0 Å². The van der Waals surface area contributed by atoms with Crippen molar-refractivity contribution >= 4 is 47.8 Å². The van der Waals surface area contributed by atoms with Crippen LogP contribution < -0.4 is 0 Å². The quantitative estimate of drug-likeness (QED) is 0.476. The fourth-order valence-electron chi connectivity index (χ4n) is 0. The molecule has 0 aliphatic rings. The van der Waals surface area contributed by atoms with Gasteiger partial charge in [-0.2, -0.15) is 0 Å². The Balaban J connectivity index is 4.65. The predicted octanol–water partition coefficient (Wildman–Crippen LogP) is -1.52. The standard InChI is InChI=1S/Se4/c1-4(2)3. The van der Waals surface area contributed by atoms with Gasteiger partial charge in [-0.05, 0) is 0 Å². The molecule has 0 amide bonds. The molecule has 0 rings (SSSR count). The second kappa shape index (κ2) is 3.27. The van der Waals surface area contributed by atoms with Crippen LogP contribution in [0.15, 0.2) is 0 Å². The Bertz CT molecular complexity index is 69.4. The first-order valence-electron chi connectivity index (χ1n) is 0.500. The molecule has 0 unspecified atom stereocenters. The summed E-state index contributed by atoms with van der Waals surface area (Å²) < 4.78 is 0. The molecule has 0 radical (unpaired) electrons. The molecule has 0 aromatic heterocycles. The van der Waals surface area contributed by atoms with Gasteiger partial charge in [-0.15, -0.1) is 0 Å². The van der Waals surface area contributed by atoms with Crippen LogP contribution in [0, 0.1) is 0 Å². The van der Waals surface area contributed by atoms with Gasteiger partial charge in [-0.3, -0.25) is 0 Å². The Labute approximate surface area is 47.3 Å². The maximum absolute atomic E-state index is 2.92. The van der Waals surface area contributed by atoms with Crippen molar-refractivity contribution in [1.29, 1.82) is 0 Å². The van der Waals surface area contributed by atoms with E-state index in [-0.39, 0.29) is 0 Å². The van der Waals surface area contributed by atoms with Crippen molar-refractivity contribution in [3.63, 3.8) is 0 Å². The van der Waals surface area contributed by atoms with E-state index in [1.54, 1.807) is 0 Å². The third-order valence-corrected chi connectivity index (χ3v) is 0. The fraction of sp³-hybridized carbons (Fsp3) is 0. The molecule has 0 N–H and O–H groups in total. The Morgan fingerprint density at radius 2 is 1.00 bits per heavy atom. The summed E-state index contributed by atoms with van der Waals surface area (Å²) in [4.78, 5) is 0. The van der Waals surface area contributed by atoms with Crippen molar-refractivity contribution in [2.45, 2.75) is 0 Å². The molecule has 0 spiro atoms. The molecule has 0 bridgehead atoms. The Morgan fingerprint density at radius 1 is 1.00 bits per heavy atom. The van der Waals surface area contributed by atoms with Crippen LogP contribution in [0.2, 0.25) is 0 Å². The topological polar surface area (TPSA) is 0 Å². The summed E-state index contributed by atoms with van der Waals surface area (Å²) in [5.74, 6) is 0. The molecule has 0 heterocycles. The molecule has 0 saturated heterocycles. The summed E-state index contributed by atoms with van der Waals surface area (Å²) in [6.45, 7) is -0.417. The molecule has 0 saturated carbocycles. The van der Waals surface area contributed by atoms with Gasteiger partial charge >= 0.3 is 47.8 Å². The van der Waals surface area contributed by atoms with Gasteiger partial charge in [0.25, 0.3) is 0 Å². The van der Waals surface area contributed by atoms with Crippen molar-refractivity contribution in [2.75, 3.05) is 0 Å². The minimum atomic E-state index is -0.417. The summed E-state index contributed by atoms with van der Waals surface area (Å²) in [5, 5.41) is 0. The second-order valence-electron chi connectivity index (χ2n) is 0.204. The van der Waals surface area contributed by atoms with Crippen molar-refractivity contribution < 1.29 is 0 Å². The molecule has 0 nitrogen and oxygen atoms in total. The molecule has 0 aliphatic carbocycles. The van der Waals surface area contributed by atoms with Crippen LogP contribution in [-0.2, 0) is 0 Å². The van der Waals surface area contributed by atoms with E-state index in [9.17, 15) is 0 Å². The summed E-state index contributed by atoms with van der Waals surface area (Å²) in [5.41, 5.74) is 0. The first kappa shape index (κ1) is 6.08. The summed E-state index contributed by atoms with van der Waals surface area (Å²) in [6, 6.07) is 0. The normalized spacial score (nSPS) is 6.00. The van der Waals surface area contributed by atoms with Gasteiger partial charge in [0.1, 0.15) is 0 Å². The van der Waals surface area contributed by atoms with Crippen LogP contribution in [0.1, 0.15) is 0 Å². The van der Waals surface area contributed by atoms with Crippen LogP contribution in [0.3, 0.4) is 0 Å². The van der Waals surface area contributed by atoms with Crippen molar-refractivity contribution in [3.05, 3.63) is 0 Å². The number of rotatable bonds is 0. The first-order valence-corrected chi connectivity index (χ1v) is 13.5. The zero-order valence-electron chi connectivity index (χ0n) is 1.63. The molecular formula is Se4. The van der Waals surface area contributed by atoms with E-state index in [1.807, 2.05) is 0 Å². The molecule has 0 atom stereocenters. The van der Waals surface area contributed by atoms with E-state index < -0.39 is 6.82 Å². The average molecular weight is 316 g/mol. The summed E-state index contributed by atoms with van der Waals surface area (Å²) >= 11 is 8.75. The molecular weight excluding hydrogens is 316 g/mol. The third kappa shape index (κ3) is 8.95. The van der Waals surface area contributed by atoms with E-state index in [1.165, 1.54) is 0 Å². The number of hydrogen-bond donors (Lipinski definition) is 0. The number of hydrogen-bond acceptors (Lipinski definition) is 0. The molecule has 0 aromatic carbocycles. The summed E-state index contributed by atoms with van der Waals surface area (Å²) in [7, 11) is 0. The minimum absolute atomic E-state index is 0.417. The van der Waals surface area contributed by atoms with Gasteiger partial charge in [0, 0.05) is 0 Å². The van der Waals surface area contributed by atoms with E-state index in [0.717, 1.165) is 0 Å². The second-order valence-corrected chi connectivity index (χ2v) is 28.6. The zero-order valence-corrected chi connectivity index (χ0v) is 8.49. The Hall–Kier alpha value is 2.08. The Morgan fingerprint density at radius 3 is 1.00 bits per heavy atom. The van der Waals surface area contributed by atoms with Crippen LogP contribution in [0.25, 0.3) is 0 Å². The monoisotopic (exact) mass is 320 g/mol. The van der Waals surface area contributed by atoms with Crippen molar-refractivity contribution in [2.24, 2.45) is 0 Å². The van der Waals surface area contributed by atoms with E-state index >= 15 is 0 Å². The first-order chi connectivity index (χ1) is 1.73. The maximum atomic E-state index is 2.92. The molecule has 24 valence electrons. The molecule has 0 fully saturated rings. The van der Waals surface area contributed by atoms with E-state index in [2.05, 4.69) is 41.0 Å². The molecule has 0 aromatic rings. The van der Waals surface area contributed by atoms with Gasteiger partial charge in [0.2, 0.25) is 0 Å². The molecule has 4 heteroatoms.